The monoisotopic (exact) mass is 344 g/mol. The molecule has 0 bridgehead atoms. The fraction of sp³-hybridized carbons (Fsp3) is 0.421. The number of rotatable bonds is 6. The average Bonchev–Trinajstić information content (AvgIpc) is 2.62. The Balaban J connectivity index is 1.65. The molecule has 132 valence electrons. The first-order valence-electron chi connectivity index (χ1n) is 8.43. The maximum atomic E-state index is 12.9. The van der Waals surface area contributed by atoms with E-state index in [-0.39, 0.29) is 12.2 Å². The number of hydrogen-bond acceptors (Lipinski definition) is 5. The van der Waals surface area contributed by atoms with Gasteiger partial charge in [-0.2, -0.15) is 0 Å². The molecule has 1 aliphatic rings. The van der Waals surface area contributed by atoms with Crippen molar-refractivity contribution in [2.75, 3.05) is 19.8 Å². The van der Waals surface area contributed by atoms with E-state index in [1.54, 1.807) is 6.07 Å². The van der Waals surface area contributed by atoms with Crippen molar-refractivity contribution in [3.8, 4) is 5.75 Å². The van der Waals surface area contributed by atoms with E-state index in [1.807, 2.05) is 13.0 Å². The number of Topliss-reactive ketones (excluding diaryl/α,β-unsaturated/α-hetero) is 1. The molecule has 0 saturated carbocycles. The van der Waals surface area contributed by atoms with Gasteiger partial charge in [0.15, 0.2) is 5.78 Å². The van der Waals surface area contributed by atoms with Crippen LogP contribution in [-0.2, 0) is 11.2 Å². The molecule has 0 amide bonds. The van der Waals surface area contributed by atoms with E-state index in [1.165, 1.54) is 12.1 Å². The van der Waals surface area contributed by atoms with Crippen molar-refractivity contribution in [3.05, 3.63) is 53.4 Å². The molecule has 2 aromatic rings. The second kappa shape index (κ2) is 8.16. The lowest BCUT2D eigenvalue weighted by Gasteiger charge is -2.22. The maximum absolute atomic E-state index is 12.9. The third-order valence-corrected chi connectivity index (χ3v) is 4.17. The maximum Gasteiger partial charge on any atom is 0.187 e. The van der Waals surface area contributed by atoms with Gasteiger partial charge >= 0.3 is 0 Å². The van der Waals surface area contributed by atoms with Crippen LogP contribution in [0.4, 0.5) is 4.39 Å². The molecule has 0 atom stereocenters. The summed E-state index contributed by atoms with van der Waals surface area (Å²) in [6.07, 6.45) is 3.17. The standard InChI is InChI=1S/C19H21FN2O3/c1-13-8-17(25-12-14-4-6-24-7-5-14)10-18(22-13)19(23)9-16-3-2-15(20)11-21-16/h2-3,8,10-11,14H,4-7,9,12H2,1H3. The summed E-state index contributed by atoms with van der Waals surface area (Å²) in [5.41, 5.74) is 1.58. The molecule has 0 radical (unpaired) electrons. The van der Waals surface area contributed by atoms with Gasteiger partial charge in [0.05, 0.1) is 19.2 Å². The van der Waals surface area contributed by atoms with E-state index in [9.17, 15) is 9.18 Å². The highest BCUT2D eigenvalue weighted by Crippen LogP contribution is 2.20. The van der Waals surface area contributed by atoms with Crippen LogP contribution in [-0.4, -0.2) is 35.6 Å². The molecule has 3 heterocycles. The van der Waals surface area contributed by atoms with Gasteiger partial charge in [-0.1, -0.05) is 0 Å². The summed E-state index contributed by atoms with van der Waals surface area (Å²) in [7, 11) is 0. The predicted octanol–water partition coefficient (Wildman–Crippen LogP) is 3.15. The molecule has 6 heteroatoms. The number of carbonyl (C=O) groups excluding carboxylic acids is 1. The molecule has 0 spiro atoms. The van der Waals surface area contributed by atoms with Crippen LogP contribution >= 0.6 is 0 Å². The highest BCUT2D eigenvalue weighted by molar-refractivity contribution is 5.95. The molecule has 0 N–H and O–H groups in total. The number of pyridine rings is 2. The predicted molar refractivity (Wildman–Crippen MR) is 90.2 cm³/mol. The molecule has 25 heavy (non-hydrogen) atoms. The zero-order valence-electron chi connectivity index (χ0n) is 14.2. The van der Waals surface area contributed by atoms with E-state index in [0.717, 1.165) is 37.9 Å². The van der Waals surface area contributed by atoms with E-state index in [0.29, 0.717) is 29.7 Å². The highest BCUT2D eigenvalue weighted by Gasteiger charge is 2.16. The first kappa shape index (κ1) is 17.5. The fourth-order valence-corrected chi connectivity index (χ4v) is 2.76. The zero-order valence-corrected chi connectivity index (χ0v) is 14.2. The minimum absolute atomic E-state index is 0.0795. The molecule has 3 rings (SSSR count). The summed E-state index contributed by atoms with van der Waals surface area (Å²) in [4.78, 5) is 20.7. The van der Waals surface area contributed by atoms with Gasteiger partial charge in [-0.15, -0.1) is 0 Å². The third-order valence-electron chi connectivity index (χ3n) is 4.17. The first-order valence-corrected chi connectivity index (χ1v) is 8.43. The Labute approximate surface area is 146 Å². The molecule has 1 saturated heterocycles. The van der Waals surface area contributed by atoms with Crippen LogP contribution in [0.5, 0.6) is 5.75 Å². The number of nitrogens with zero attached hydrogens (tertiary/aromatic N) is 2. The van der Waals surface area contributed by atoms with Crippen LogP contribution in [0.3, 0.4) is 0 Å². The third kappa shape index (κ3) is 5.06. The largest absolute Gasteiger partial charge is 0.493 e. The van der Waals surface area contributed by atoms with Crippen LogP contribution in [0.2, 0.25) is 0 Å². The summed E-state index contributed by atoms with van der Waals surface area (Å²) in [5.74, 6) is 0.534. The van der Waals surface area contributed by atoms with Crippen molar-refractivity contribution in [1.29, 1.82) is 0 Å². The van der Waals surface area contributed by atoms with E-state index in [2.05, 4.69) is 9.97 Å². The van der Waals surface area contributed by atoms with Crippen LogP contribution in [0.15, 0.2) is 30.5 Å². The SMILES string of the molecule is Cc1cc(OCC2CCOCC2)cc(C(=O)Cc2ccc(F)cn2)n1. The summed E-state index contributed by atoms with van der Waals surface area (Å²) in [6, 6.07) is 6.29. The molecule has 0 aliphatic carbocycles. The molecule has 1 aliphatic heterocycles. The lowest BCUT2D eigenvalue weighted by Crippen LogP contribution is -2.21. The van der Waals surface area contributed by atoms with E-state index in [4.69, 9.17) is 9.47 Å². The second-order valence-corrected chi connectivity index (χ2v) is 6.26. The van der Waals surface area contributed by atoms with Gasteiger partial charge < -0.3 is 9.47 Å². The van der Waals surface area contributed by atoms with Crippen LogP contribution in [0, 0.1) is 18.7 Å². The van der Waals surface area contributed by atoms with Crippen molar-refractivity contribution >= 4 is 5.78 Å². The number of aryl methyl sites for hydroxylation is 1. The minimum Gasteiger partial charge on any atom is -0.493 e. The van der Waals surface area contributed by atoms with Gasteiger partial charge in [-0.3, -0.25) is 9.78 Å². The molecule has 0 unspecified atom stereocenters. The number of ether oxygens (including phenoxy) is 2. The number of halogens is 1. The van der Waals surface area contributed by atoms with E-state index < -0.39 is 5.82 Å². The highest BCUT2D eigenvalue weighted by atomic mass is 19.1. The van der Waals surface area contributed by atoms with Crippen LogP contribution in [0.1, 0.15) is 34.7 Å². The van der Waals surface area contributed by atoms with Crippen LogP contribution < -0.4 is 4.74 Å². The summed E-state index contributed by atoms with van der Waals surface area (Å²) in [6.45, 7) is 3.99. The Morgan fingerprint density at radius 1 is 1.32 bits per heavy atom. The first-order chi connectivity index (χ1) is 12.1. The average molecular weight is 344 g/mol. The molecule has 5 nitrogen and oxygen atoms in total. The molecular weight excluding hydrogens is 323 g/mol. The van der Waals surface area contributed by atoms with Crippen molar-refractivity contribution in [2.45, 2.75) is 26.2 Å². The van der Waals surface area contributed by atoms with Crippen molar-refractivity contribution < 1.29 is 18.7 Å². The smallest absolute Gasteiger partial charge is 0.187 e. The van der Waals surface area contributed by atoms with Gasteiger partial charge in [0, 0.05) is 36.7 Å². The molecular formula is C19H21FN2O3. The van der Waals surface area contributed by atoms with Crippen molar-refractivity contribution in [1.82, 2.24) is 9.97 Å². The number of hydrogen-bond donors (Lipinski definition) is 0. The number of ketones is 1. The lowest BCUT2D eigenvalue weighted by atomic mass is 10.0. The van der Waals surface area contributed by atoms with Gasteiger partial charge in [-0.05, 0) is 37.8 Å². The molecule has 1 fully saturated rings. The van der Waals surface area contributed by atoms with E-state index >= 15 is 0 Å². The van der Waals surface area contributed by atoms with Gasteiger partial charge in [0.2, 0.25) is 0 Å². The summed E-state index contributed by atoms with van der Waals surface area (Å²) < 4.78 is 24.1. The lowest BCUT2D eigenvalue weighted by molar-refractivity contribution is 0.0497. The Kier molecular flexibility index (Phi) is 5.71. The Morgan fingerprint density at radius 2 is 2.12 bits per heavy atom. The van der Waals surface area contributed by atoms with Gasteiger partial charge in [0.25, 0.3) is 0 Å². The Morgan fingerprint density at radius 3 is 2.84 bits per heavy atom. The molecule has 2 aromatic heterocycles. The minimum atomic E-state index is -0.423. The molecule has 0 aromatic carbocycles. The Hall–Kier alpha value is -2.34. The second-order valence-electron chi connectivity index (χ2n) is 6.26. The summed E-state index contributed by atoms with van der Waals surface area (Å²) in [5, 5.41) is 0. The normalized spacial score (nSPS) is 15.1. The Bertz CT molecular complexity index is 728. The van der Waals surface area contributed by atoms with Crippen molar-refractivity contribution in [3.63, 3.8) is 0 Å². The topological polar surface area (TPSA) is 61.3 Å². The fourth-order valence-electron chi connectivity index (χ4n) is 2.76. The van der Waals surface area contributed by atoms with Gasteiger partial charge in [0.1, 0.15) is 17.3 Å². The van der Waals surface area contributed by atoms with Crippen molar-refractivity contribution in [2.24, 2.45) is 5.92 Å². The van der Waals surface area contributed by atoms with Gasteiger partial charge in [-0.25, -0.2) is 9.37 Å². The number of aromatic nitrogens is 2. The summed E-state index contributed by atoms with van der Waals surface area (Å²) >= 11 is 0. The zero-order chi connectivity index (χ0) is 17.6. The van der Waals surface area contributed by atoms with Crippen LogP contribution in [0.25, 0.3) is 0 Å². The quantitative estimate of drug-likeness (QED) is 0.753. The number of carbonyl (C=O) groups is 1.